The second-order valence-electron chi connectivity index (χ2n) is 2.61. The second kappa shape index (κ2) is 8.17. The molecule has 1 rings (SSSR count). The van der Waals surface area contributed by atoms with Crippen molar-refractivity contribution in [1.82, 2.24) is 0 Å². The van der Waals surface area contributed by atoms with Gasteiger partial charge in [-0.05, 0) is 5.56 Å². The maximum absolute atomic E-state index is 11.2. The number of carboxylic acid groups (broad SMARTS) is 1. The van der Waals surface area contributed by atoms with Gasteiger partial charge in [0.15, 0.2) is 0 Å². The molecule has 0 amide bonds. The molecule has 0 aliphatic heterocycles. The summed E-state index contributed by atoms with van der Waals surface area (Å²) in [5.41, 5.74) is 0.905. The van der Waals surface area contributed by atoms with Crippen molar-refractivity contribution in [1.29, 1.82) is 0 Å². The quantitative estimate of drug-likeness (QED) is 0.858. The van der Waals surface area contributed by atoms with Crippen LogP contribution in [0.4, 0.5) is 0 Å². The topological polar surface area (TPSA) is 54.4 Å². The molecule has 0 bridgehead atoms. The van der Waals surface area contributed by atoms with Crippen LogP contribution < -0.4 is 0 Å². The molecule has 0 fully saturated rings. The third-order valence-electron chi connectivity index (χ3n) is 1.45. The van der Waals surface area contributed by atoms with Crippen LogP contribution in [0.3, 0.4) is 0 Å². The first-order chi connectivity index (χ1) is 7.18. The number of rotatable bonds is 4. The van der Waals surface area contributed by atoms with Crippen molar-refractivity contribution in [2.75, 3.05) is 5.75 Å². The van der Waals surface area contributed by atoms with Gasteiger partial charge in [-0.2, -0.15) is 0 Å². The molecule has 0 saturated heterocycles. The van der Waals surface area contributed by atoms with Crippen LogP contribution in [0.25, 0.3) is 0 Å². The van der Waals surface area contributed by atoms with Crippen LogP contribution >= 0.6 is 0 Å². The monoisotopic (exact) mass is 228 g/mol. The van der Waals surface area contributed by atoms with E-state index >= 15 is 0 Å². The Morgan fingerprint density at radius 2 is 1.80 bits per heavy atom. The molecular formula is C11H16O3S. The van der Waals surface area contributed by atoms with Gasteiger partial charge in [-0.25, -0.2) is 0 Å². The zero-order chi connectivity index (χ0) is 11.7. The summed E-state index contributed by atoms with van der Waals surface area (Å²) >= 11 is 0. The standard InChI is InChI=1S/C9H10O3S.C2H6/c10-9(11)7-13(12)6-8-4-2-1-3-5-8;1-2/h1-5H,6-7H2,(H,10,11);1-2H3. The lowest BCUT2D eigenvalue weighted by molar-refractivity contribution is -0.133. The van der Waals surface area contributed by atoms with E-state index in [1.54, 1.807) is 0 Å². The van der Waals surface area contributed by atoms with Gasteiger partial charge in [-0.15, -0.1) is 0 Å². The molecule has 0 saturated carbocycles. The average molecular weight is 228 g/mol. The third-order valence-corrected chi connectivity index (χ3v) is 2.68. The molecule has 1 N–H and O–H groups in total. The molecule has 0 aromatic heterocycles. The molecule has 0 aliphatic carbocycles. The number of hydrogen-bond acceptors (Lipinski definition) is 2. The zero-order valence-corrected chi connectivity index (χ0v) is 9.79. The first kappa shape index (κ1) is 13.8. The van der Waals surface area contributed by atoms with Crippen LogP contribution in [0.1, 0.15) is 19.4 Å². The summed E-state index contributed by atoms with van der Waals surface area (Å²) < 4.78 is 11.2. The van der Waals surface area contributed by atoms with Crippen molar-refractivity contribution in [3.8, 4) is 0 Å². The van der Waals surface area contributed by atoms with Crippen LogP contribution in [-0.4, -0.2) is 21.0 Å². The highest BCUT2D eigenvalue weighted by Crippen LogP contribution is 2.02. The van der Waals surface area contributed by atoms with Gasteiger partial charge in [0.2, 0.25) is 0 Å². The zero-order valence-electron chi connectivity index (χ0n) is 8.97. The summed E-state index contributed by atoms with van der Waals surface area (Å²) in [5.74, 6) is -0.989. The van der Waals surface area contributed by atoms with E-state index in [4.69, 9.17) is 5.11 Å². The van der Waals surface area contributed by atoms with E-state index in [2.05, 4.69) is 0 Å². The fourth-order valence-electron chi connectivity index (χ4n) is 0.949. The largest absolute Gasteiger partial charge is 0.481 e. The summed E-state index contributed by atoms with van der Waals surface area (Å²) in [7, 11) is -1.30. The Labute approximate surface area is 92.6 Å². The molecule has 84 valence electrons. The van der Waals surface area contributed by atoms with Crippen molar-refractivity contribution in [2.24, 2.45) is 0 Å². The van der Waals surface area contributed by atoms with Gasteiger partial charge in [-0.3, -0.25) is 9.00 Å². The van der Waals surface area contributed by atoms with Gasteiger partial charge < -0.3 is 5.11 Å². The van der Waals surface area contributed by atoms with Gasteiger partial charge >= 0.3 is 5.97 Å². The maximum atomic E-state index is 11.2. The summed E-state index contributed by atoms with van der Waals surface area (Å²) in [6.45, 7) is 4.00. The number of aliphatic carboxylic acids is 1. The summed E-state index contributed by atoms with van der Waals surface area (Å²) in [5, 5.41) is 8.37. The van der Waals surface area contributed by atoms with E-state index in [0.29, 0.717) is 5.75 Å². The van der Waals surface area contributed by atoms with Crippen LogP contribution in [0, 0.1) is 0 Å². The van der Waals surface area contributed by atoms with E-state index in [1.165, 1.54) is 0 Å². The molecule has 0 radical (unpaired) electrons. The van der Waals surface area contributed by atoms with Gasteiger partial charge in [0, 0.05) is 16.6 Å². The second-order valence-corrected chi connectivity index (χ2v) is 4.06. The van der Waals surface area contributed by atoms with Crippen molar-refractivity contribution in [3.63, 3.8) is 0 Å². The van der Waals surface area contributed by atoms with Gasteiger partial charge in [-0.1, -0.05) is 44.2 Å². The van der Waals surface area contributed by atoms with Crippen LogP contribution in [-0.2, 0) is 21.3 Å². The molecule has 1 aromatic rings. The molecule has 0 spiro atoms. The number of carbonyl (C=O) groups is 1. The predicted molar refractivity (Wildman–Crippen MR) is 62.1 cm³/mol. The van der Waals surface area contributed by atoms with Crippen molar-refractivity contribution >= 4 is 16.8 Å². The average Bonchev–Trinajstić information content (AvgIpc) is 2.21. The normalized spacial score (nSPS) is 11.1. The van der Waals surface area contributed by atoms with Crippen molar-refractivity contribution < 1.29 is 14.1 Å². The van der Waals surface area contributed by atoms with E-state index in [9.17, 15) is 9.00 Å². The molecule has 4 heteroatoms. The van der Waals surface area contributed by atoms with Gasteiger partial charge in [0.1, 0.15) is 5.75 Å². The highest BCUT2D eigenvalue weighted by molar-refractivity contribution is 7.84. The van der Waals surface area contributed by atoms with E-state index in [-0.39, 0.29) is 5.75 Å². The fourth-order valence-corrected chi connectivity index (χ4v) is 1.89. The molecule has 1 unspecified atom stereocenters. The molecule has 0 heterocycles. The van der Waals surface area contributed by atoms with Gasteiger partial charge in [0.05, 0.1) is 0 Å². The molecule has 1 atom stereocenters. The number of benzene rings is 1. The minimum absolute atomic E-state index is 0.283. The summed E-state index contributed by atoms with van der Waals surface area (Å²) in [6, 6.07) is 9.21. The van der Waals surface area contributed by atoms with Crippen LogP contribution in [0.15, 0.2) is 30.3 Å². The fraction of sp³-hybridized carbons (Fsp3) is 0.364. The number of carboxylic acids is 1. The maximum Gasteiger partial charge on any atom is 0.316 e. The molecule has 15 heavy (non-hydrogen) atoms. The smallest absolute Gasteiger partial charge is 0.316 e. The Hall–Kier alpha value is -1.16. The first-order valence-electron chi connectivity index (χ1n) is 4.79. The number of hydrogen-bond donors (Lipinski definition) is 1. The Kier molecular flexibility index (Phi) is 7.54. The van der Waals surface area contributed by atoms with Crippen molar-refractivity contribution in [2.45, 2.75) is 19.6 Å². The van der Waals surface area contributed by atoms with E-state index in [0.717, 1.165) is 5.56 Å². The Morgan fingerprint density at radius 3 is 2.27 bits per heavy atom. The molecule has 1 aromatic carbocycles. The highest BCUT2D eigenvalue weighted by atomic mass is 32.2. The summed E-state index contributed by atoms with van der Waals surface area (Å²) in [4.78, 5) is 10.2. The Bertz CT molecular complexity index is 309. The lowest BCUT2D eigenvalue weighted by Gasteiger charge is -1.98. The molecule has 0 aliphatic rings. The lowest BCUT2D eigenvalue weighted by Crippen LogP contribution is -2.10. The Morgan fingerprint density at radius 1 is 1.27 bits per heavy atom. The molecule has 3 nitrogen and oxygen atoms in total. The Balaban J connectivity index is 0.000000921. The minimum atomic E-state index is -1.30. The highest BCUT2D eigenvalue weighted by Gasteiger charge is 2.05. The van der Waals surface area contributed by atoms with Crippen LogP contribution in [0.5, 0.6) is 0 Å². The van der Waals surface area contributed by atoms with E-state index in [1.807, 2.05) is 44.2 Å². The summed E-state index contributed by atoms with van der Waals surface area (Å²) in [6.07, 6.45) is 0. The SMILES string of the molecule is CC.O=C(O)CS(=O)Cc1ccccc1. The lowest BCUT2D eigenvalue weighted by atomic mass is 10.2. The first-order valence-corrected chi connectivity index (χ1v) is 6.28. The third kappa shape index (κ3) is 6.85. The van der Waals surface area contributed by atoms with Gasteiger partial charge in [0.25, 0.3) is 0 Å². The predicted octanol–water partition coefficient (Wildman–Crippen LogP) is 2.05. The molecular weight excluding hydrogens is 212 g/mol. The van der Waals surface area contributed by atoms with Crippen LogP contribution in [0.2, 0.25) is 0 Å². The van der Waals surface area contributed by atoms with E-state index < -0.39 is 16.8 Å². The minimum Gasteiger partial charge on any atom is -0.481 e. The van der Waals surface area contributed by atoms with Crippen molar-refractivity contribution in [3.05, 3.63) is 35.9 Å².